The van der Waals surface area contributed by atoms with Gasteiger partial charge in [-0.25, -0.2) is 0 Å². The van der Waals surface area contributed by atoms with Crippen molar-refractivity contribution in [2.24, 2.45) is 0 Å². The van der Waals surface area contributed by atoms with Gasteiger partial charge in [0.15, 0.2) is 5.69 Å². The molecule has 3 rings (SSSR count). The van der Waals surface area contributed by atoms with E-state index in [1.54, 1.807) is 18.2 Å². The van der Waals surface area contributed by atoms with Gasteiger partial charge in [0, 0.05) is 11.9 Å². The van der Waals surface area contributed by atoms with Crippen molar-refractivity contribution >= 4 is 16.8 Å². The Morgan fingerprint density at radius 3 is 2.64 bits per heavy atom. The molecule has 25 heavy (non-hydrogen) atoms. The number of carbonyl (C=O) groups excluding carboxylic acids is 1. The fourth-order valence-corrected chi connectivity index (χ4v) is 2.40. The highest BCUT2D eigenvalue weighted by Crippen LogP contribution is 2.19. The normalized spacial score (nSPS) is 12.3. The van der Waals surface area contributed by atoms with E-state index in [0.29, 0.717) is 10.9 Å². The number of nitrogens with one attached hydrogen (secondary N) is 2. The fraction of sp³-hybridized carbons (Fsp3) is 0.176. The number of aliphatic hydroxyl groups is 1. The van der Waals surface area contributed by atoms with Gasteiger partial charge in [-0.15, -0.1) is 0 Å². The van der Waals surface area contributed by atoms with Crippen LogP contribution in [0.15, 0.2) is 48.5 Å². The van der Waals surface area contributed by atoms with Gasteiger partial charge in [-0.3, -0.25) is 9.89 Å². The largest absolute Gasteiger partial charge is 0.435 e. The molecule has 0 aliphatic carbocycles. The van der Waals surface area contributed by atoms with Gasteiger partial charge in [0.25, 0.3) is 5.91 Å². The Kier molecular flexibility index (Phi) is 4.90. The van der Waals surface area contributed by atoms with Gasteiger partial charge >= 0.3 is 6.61 Å². The molecule has 1 atom stereocenters. The molecule has 1 unspecified atom stereocenters. The molecule has 0 aliphatic rings. The molecule has 2 aromatic carbocycles. The van der Waals surface area contributed by atoms with Crippen molar-refractivity contribution in [2.45, 2.75) is 12.7 Å². The van der Waals surface area contributed by atoms with E-state index in [0.717, 1.165) is 5.52 Å². The molecule has 0 saturated carbocycles. The van der Waals surface area contributed by atoms with Crippen molar-refractivity contribution in [3.63, 3.8) is 0 Å². The van der Waals surface area contributed by atoms with Gasteiger partial charge in [0.1, 0.15) is 5.75 Å². The number of hydrogen-bond donors (Lipinski definition) is 3. The van der Waals surface area contributed by atoms with E-state index in [-0.39, 0.29) is 18.0 Å². The minimum atomic E-state index is -2.90. The SMILES string of the molecule is O=C(NCC(O)c1ccc(OC(F)F)cc1)c1n[nH]c2ccccc12. The van der Waals surface area contributed by atoms with Crippen molar-refractivity contribution in [3.8, 4) is 5.75 Å². The summed E-state index contributed by atoms with van der Waals surface area (Å²) in [7, 11) is 0. The number of H-pyrrole nitrogens is 1. The summed E-state index contributed by atoms with van der Waals surface area (Å²) in [6, 6.07) is 12.8. The number of rotatable bonds is 6. The number of fused-ring (bicyclic) bond motifs is 1. The number of halogens is 2. The monoisotopic (exact) mass is 347 g/mol. The first kappa shape index (κ1) is 16.8. The molecule has 0 fully saturated rings. The number of aromatic amines is 1. The molecule has 0 aliphatic heterocycles. The fourth-order valence-electron chi connectivity index (χ4n) is 2.40. The quantitative estimate of drug-likeness (QED) is 0.640. The van der Waals surface area contributed by atoms with Crippen molar-refractivity contribution in [2.75, 3.05) is 6.54 Å². The predicted molar refractivity (Wildman–Crippen MR) is 86.5 cm³/mol. The number of hydrogen-bond acceptors (Lipinski definition) is 4. The lowest BCUT2D eigenvalue weighted by Gasteiger charge is -2.12. The van der Waals surface area contributed by atoms with E-state index in [9.17, 15) is 18.7 Å². The second kappa shape index (κ2) is 7.27. The Bertz CT molecular complexity index is 865. The van der Waals surface area contributed by atoms with Gasteiger partial charge in [-0.1, -0.05) is 30.3 Å². The van der Waals surface area contributed by atoms with E-state index in [4.69, 9.17) is 0 Å². The summed E-state index contributed by atoms with van der Waals surface area (Å²) in [5.41, 5.74) is 1.44. The molecule has 0 bridgehead atoms. The van der Waals surface area contributed by atoms with Crippen molar-refractivity contribution in [1.29, 1.82) is 0 Å². The van der Waals surface area contributed by atoms with Crippen LogP contribution in [0.25, 0.3) is 10.9 Å². The van der Waals surface area contributed by atoms with Crippen LogP contribution in [-0.2, 0) is 0 Å². The van der Waals surface area contributed by atoms with Crippen molar-refractivity contribution in [3.05, 3.63) is 59.8 Å². The molecule has 1 amide bonds. The highest BCUT2D eigenvalue weighted by atomic mass is 19.3. The lowest BCUT2D eigenvalue weighted by Crippen LogP contribution is -2.28. The van der Waals surface area contributed by atoms with Gasteiger partial charge < -0.3 is 15.2 Å². The first-order valence-corrected chi connectivity index (χ1v) is 7.48. The second-order valence-electron chi connectivity index (χ2n) is 5.29. The summed E-state index contributed by atoms with van der Waals surface area (Å²) in [6.07, 6.45) is -0.991. The molecule has 3 aromatic rings. The summed E-state index contributed by atoms with van der Waals surface area (Å²) in [5.74, 6) is -0.424. The first-order valence-electron chi connectivity index (χ1n) is 7.48. The van der Waals surface area contributed by atoms with Crippen molar-refractivity contribution in [1.82, 2.24) is 15.5 Å². The van der Waals surface area contributed by atoms with Crippen LogP contribution in [0.1, 0.15) is 22.2 Å². The minimum absolute atomic E-state index is 0.00187. The number of benzene rings is 2. The van der Waals surface area contributed by atoms with Crippen LogP contribution in [0.3, 0.4) is 0 Å². The Balaban J connectivity index is 1.61. The molecular formula is C17H15F2N3O3. The molecule has 1 heterocycles. The average Bonchev–Trinajstić information content (AvgIpc) is 3.03. The van der Waals surface area contributed by atoms with Crippen LogP contribution in [0.5, 0.6) is 5.75 Å². The number of aromatic nitrogens is 2. The number of amides is 1. The third kappa shape index (κ3) is 3.92. The summed E-state index contributed by atoms with van der Waals surface area (Å²) < 4.78 is 28.5. The Hall–Kier alpha value is -3.00. The maximum absolute atomic E-state index is 12.2. The Morgan fingerprint density at radius 2 is 1.92 bits per heavy atom. The van der Waals surface area contributed by atoms with E-state index in [1.807, 2.05) is 6.07 Å². The Morgan fingerprint density at radius 1 is 1.20 bits per heavy atom. The average molecular weight is 347 g/mol. The van der Waals surface area contributed by atoms with E-state index < -0.39 is 18.6 Å². The third-order valence-electron chi connectivity index (χ3n) is 3.63. The molecular weight excluding hydrogens is 332 g/mol. The van der Waals surface area contributed by atoms with E-state index in [1.165, 1.54) is 24.3 Å². The zero-order valence-electron chi connectivity index (χ0n) is 12.9. The lowest BCUT2D eigenvalue weighted by molar-refractivity contribution is -0.0498. The predicted octanol–water partition coefficient (Wildman–Crippen LogP) is 2.63. The highest BCUT2D eigenvalue weighted by molar-refractivity contribution is 6.04. The molecule has 8 heteroatoms. The number of nitrogens with zero attached hydrogens (tertiary/aromatic N) is 1. The lowest BCUT2D eigenvalue weighted by atomic mass is 10.1. The number of aliphatic hydroxyl groups excluding tert-OH is 1. The van der Waals surface area contributed by atoms with Crippen LogP contribution in [0.2, 0.25) is 0 Å². The molecule has 130 valence electrons. The summed E-state index contributed by atoms with van der Waals surface area (Å²) in [5, 5.41) is 20.1. The molecule has 1 aromatic heterocycles. The van der Waals surface area contributed by atoms with Crippen LogP contribution in [-0.4, -0.2) is 34.4 Å². The second-order valence-corrected chi connectivity index (χ2v) is 5.29. The minimum Gasteiger partial charge on any atom is -0.435 e. The van der Waals surface area contributed by atoms with Crippen LogP contribution < -0.4 is 10.1 Å². The first-order chi connectivity index (χ1) is 12.0. The summed E-state index contributed by atoms with van der Waals surface area (Å²) in [6.45, 7) is -2.95. The highest BCUT2D eigenvalue weighted by Gasteiger charge is 2.16. The molecule has 3 N–H and O–H groups in total. The number of para-hydroxylation sites is 1. The van der Waals surface area contributed by atoms with Gasteiger partial charge in [0.05, 0.1) is 11.6 Å². The van der Waals surface area contributed by atoms with Crippen LogP contribution in [0.4, 0.5) is 8.78 Å². The van der Waals surface area contributed by atoms with Gasteiger partial charge in [-0.2, -0.15) is 13.9 Å². The number of carbonyl (C=O) groups is 1. The van der Waals surface area contributed by atoms with Crippen LogP contribution in [0, 0.1) is 0 Å². The summed E-state index contributed by atoms with van der Waals surface area (Å²) >= 11 is 0. The molecule has 0 saturated heterocycles. The smallest absolute Gasteiger partial charge is 0.387 e. The molecule has 0 radical (unpaired) electrons. The zero-order valence-corrected chi connectivity index (χ0v) is 12.9. The Labute approximate surface area is 141 Å². The van der Waals surface area contributed by atoms with E-state index in [2.05, 4.69) is 20.3 Å². The number of alkyl halides is 2. The zero-order chi connectivity index (χ0) is 17.8. The van der Waals surface area contributed by atoms with Gasteiger partial charge in [-0.05, 0) is 23.8 Å². The van der Waals surface area contributed by atoms with Crippen LogP contribution >= 0.6 is 0 Å². The molecule has 0 spiro atoms. The maximum Gasteiger partial charge on any atom is 0.387 e. The topological polar surface area (TPSA) is 87.2 Å². The van der Waals surface area contributed by atoms with Crippen molar-refractivity contribution < 1.29 is 23.4 Å². The van der Waals surface area contributed by atoms with E-state index >= 15 is 0 Å². The van der Waals surface area contributed by atoms with Gasteiger partial charge in [0.2, 0.25) is 0 Å². The summed E-state index contributed by atoms with van der Waals surface area (Å²) in [4.78, 5) is 12.2. The standard InChI is InChI=1S/C17H15F2N3O3/c18-17(19)25-11-7-5-10(6-8-11)14(23)9-20-16(24)15-12-3-1-2-4-13(12)21-22-15/h1-8,14,17,23H,9H2,(H,20,24)(H,21,22). The molecule has 6 nitrogen and oxygen atoms in total. The number of ether oxygens (including phenoxy) is 1. The third-order valence-corrected chi connectivity index (χ3v) is 3.63. The maximum atomic E-state index is 12.2.